The van der Waals surface area contributed by atoms with E-state index in [2.05, 4.69) is 0 Å². The Bertz CT molecular complexity index is 212. The molecular weight excluding hydrogens is 182 g/mol. The third-order valence-corrected chi connectivity index (χ3v) is 2.32. The van der Waals surface area contributed by atoms with E-state index in [-0.39, 0.29) is 17.9 Å². The van der Waals surface area contributed by atoms with Crippen molar-refractivity contribution in [2.75, 3.05) is 0 Å². The van der Waals surface area contributed by atoms with Gasteiger partial charge in [0.1, 0.15) is 5.60 Å². The van der Waals surface area contributed by atoms with E-state index in [1.165, 1.54) is 0 Å². The van der Waals surface area contributed by atoms with Crippen LogP contribution in [0.2, 0.25) is 0 Å². The van der Waals surface area contributed by atoms with Crippen molar-refractivity contribution in [3.8, 4) is 0 Å². The summed E-state index contributed by atoms with van der Waals surface area (Å²) in [5.74, 6) is -0.483. The molecule has 3 N–H and O–H groups in total. The molecule has 0 saturated heterocycles. The van der Waals surface area contributed by atoms with Gasteiger partial charge in [-0.3, -0.25) is 4.79 Å². The molecule has 0 radical (unpaired) electrons. The first-order valence-electron chi connectivity index (χ1n) is 4.96. The fourth-order valence-electron chi connectivity index (χ4n) is 1.63. The van der Waals surface area contributed by atoms with Crippen molar-refractivity contribution < 1.29 is 14.6 Å². The first-order valence-corrected chi connectivity index (χ1v) is 4.96. The zero-order valence-corrected chi connectivity index (χ0v) is 8.99. The summed E-state index contributed by atoms with van der Waals surface area (Å²) >= 11 is 0. The van der Waals surface area contributed by atoms with Crippen LogP contribution in [0.25, 0.3) is 0 Å². The minimum Gasteiger partial charge on any atom is -0.460 e. The Balaban J connectivity index is 2.48. The number of aliphatic hydroxyl groups excluding tert-OH is 1. The smallest absolute Gasteiger partial charge is 0.309 e. The van der Waals surface area contributed by atoms with Crippen molar-refractivity contribution in [3.05, 3.63) is 0 Å². The van der Waals surface area contributed by atoms with Gasteiger partial charge >= 0.3 is 5.97 Å². The predicted octanol–water partition coefficient (Wildman–Crippen LogP) is 0.426. The zero-order chi connectivity index (χ0) is 10.9. The maximum atomic E-state index is 11.6. The minimum atomic E-state index is -0.562. The molecule has 0 aromatic rings. The van der Waals surface area contributed by atoms with E-state index >= 15 is 0 Å². The van der Waals surface area contributed by atoms with Gasteiger partial charge in [0.25, 0.3) is 0 Å². The van der Waals surface area contributed by atoms with Gasteiger partial charge in [-0.1, -0.05) is 0 Å². The quantitative estimate of drug-likeness (QED) is 0.603. The zero-order valence-electron chi connectivity index (χ0n) is 8.99. The summed E-state index contributed by atoms with van der Waals surface area (Å²) in [5, 5.41) is 9.38. The summed E-state index contributed by atoms with van der Waals surface area (Å²) in [4.78, 5) is 11.6. The van der Waals surface area contributed by atoms with Crippen LogP contribution in [0.15, 0.2) is 0 Å². The molecule has 0 aliphatic heterocycles. The van der Waals surface area contributed by atoms with E-state index < -0.39 is 11.7 Å². The number of aliphatic hydroxyl groups is 1. The normalized spacial score (nSPS) is 33.1. The second-order valence-electron chi connectivity index (χ2n) is 4.93. The average molecular weight is 201 g/mol. The highest BCUT2D eigenvalue weighted by Crippen LogP contribution is 2.27. The highest BCUT2D eigenvalue weighted by molar-refractivity contribution is 5.73. The van der Waals surface area contributed by atoms with Crippen molar-refractivity contribution in [2.24, 2.45) is 11.7 Å². The van der Waals surface area contributed by atoms with Crippen LogP contribution in [0.5, 0.6) is 0 Å². The number of carbonyl (C=O) groups excluding carboxylic acids is 1. The molecule has 0 heterocycles. The molecular formula is C10H19NO3. The van der Waals surface area contributed by atoms with E-state index in [0.29, 0.717) is 12.8 Å². The SMILES string of the molecule is CC(C)(C)OC(=O)[C@H]1C[C@@H](N)[C@@H](O)C1. The topological polar surface area (TPSA) is 72.5 Å². The predicted molar refractivity (Wildman–Crippen MR) is 52.6 cm³/mol. The number of ether oxygens (including phenoxy) is 1. The van der Waals surface area contributed by atoms with Crippen LogP contribution in [0.1, 0.15) is 33.6 Å². The first-order chi connectivity index (χ1) is 6.29. The molecule has 3 atom stereocenters. The molecule has 82 valence electrons. The molecule has 1 aliphatic rings. The van der Waals surface area contributed by atoms with E-state index in [9.17, 15) is 9.90 Å². The monoisotopic (exact) mass is 201 g/mol. The lowest BCUT2D eigenvalue weighted by molar-refractivity contribution is -0.160. The van der Waals surface area contributed by atoms with Crippen molar-refractivity contribution in [2.45, 2.75) is 51.4 Å². The molecule has 1 rings (SSSR count). The lowest BCUT2D eigenvalue weighted by Crippen LogP contribution is -2.29. The van der Waals surface area contributed by atoms with E-state index in [4.69, 9.17) is 10.5 Å². The maximum absolute atomic E-state index is 11.6. The Hall–Kier alpha value is -0.610. The Kier molecular flexibility index (Phi) is 3.17. The van der Waals surface area contributed by atoms with Crippen LogP contribution in [-0.2, 0) is 9.53 Å². The van der Waals surface area contributed by atoms with Gasteiger partial charge in [-0.2, -0.15) is 0 Å². The summed E-state index contributed by atoms with van der Waals surface area (Å²) in [5.41, 5.74) is 5.15. The molecule has 0 aromatic heterocycles. The third-order valence-electron chi connectivity index (χ3n) is 2.32. The van der Waals surface area contributed by atoms with Crippen LogP contribution < -0.4 is 5.73 Å². The molecule has 1 aliphatic carbocycles. The largest absolute Gasteiger partial charge is 0.460 e. The maximum Gasteiger partial charge on any atom is 0.309 e. The number of carbonyl (C=O) groups is 1. The fourth-order valence-corrected chi connectivity index (χ4v) is 1.63. The molecule has 0 amide bonds. The Morgan fingerprint density at radius 1 is 1.43 bits per heavy atom. The van der Waals surface area contributed by atoms with Crippen LogP contribution >= 0.6 is 0 Å². The van der Waals surface area contributed by atoms with Gasteiger partial charge in [0.15, 0.2) is 0 Å². The summed E-state index contributed by atoms with van der Waals surface area (Å²) < 4.78 is 5.21. The van der Waals surface area contributed by atoms with Crippen molar-refractivity contribution in [1.29, 1.82) is 0 Å². The summed E-state index contributed by atoms with van der Waals surface area (Å²) in [6.07, 6.45) is 0.388. The van der Waals surface area contributed by atoms with Crippen molar-refractivity contribution in [1.82, 2.24) is 0 Å². The second-order valence-corrected chi connectivity index (χ2v) is 4.93. The Labute approximate surface area is 84.4 Å². The van der Waals surface area contributed by atoms with E-state index in [0.717, 1.165) is 0 Å². The highest BCUT2D eigenvalue weighted by atomic mass is 16.6. The molecule has 0 unspecified atom stereocenters. The van der Waals surface area contributed by atoms with Gasteiger partial charge in [0.2, 0.25) is 0 Å². The molecule has 4 heteroatoms. The molecule has 1 saturated carbocycles. The molecule has 4 nitrogen and oxygen atoms in total. The number of hydrogen-bond donors (Lipinski definition) is 2. The molecule has 0 bridgehead atoms. The van der Waals surface area contributed by atoms with Gasteiger partial charge in [-0.15, -0.1) is 0 Å². The van der Waals surface area contributed by atoms with Crippen LogP contribution in [0.4, 0.5) is 0 Å². The lowest BCUT2D eigenvalue weighted by Gasteiger charge is -2.21. The van der Waals surface area contributed by atoms with Gasteiger partial charge in [-0.25, -0.2) is 0 Å². The number of nitrogens with two attached hydrogens (primary N) is 1. The van der Waals surface area contributed by atoms with Crippen LogP contribution in [0.3, 0.4) is 0 Å². The van der Waals surface area contributed by atoms with Crippen LogP contribution in [0, 0.1) is 5.92 Å². The summed E-state index contributed by atoms with van der Waals surface area (Å²) in [6, 6.07) is -0.285. The van der Waals surface area contributed by atoms with Crippen molar-refractivity contribution in [3.63, 3.8) is 0 Å². The van der Waals surface area contributed by atoms with E-state index in [1.807, 2.05) is 20.8 Å². The second kappa shape index (κ2) is 3.87. The van der Waals surface area contributed by atoms with Crippen LogP contribution in [-0.4, -0.2) is 28.8 Å². The Morgan fingerprint density at radius 2 is 2.00 bits per heavy atom. The average Bonchev–Trinajstić information content (AvgIpc) is 2.28. The van der Waals surface area contributed by atoms with Gasteiger partial charge in [0, 0.05) is 6.04 Å². The van der Waals surface area contributed by atoms with Gasteiger partial charge < -0.3 is 15.6 Å². The highest BCUT2D eigenvalue weighted by Gasteiger charge is 2.36. The lowest BCUT2D eigenvalue weighted by atomic mass is 10.1. The minimum absolute atomic E-state index is 0.237. The van der Waals surface area contributed by atoms with Gasteiger partial charge in [-0.05, 0) is 33.6 Å². The first kappa shape index (κ1) is 11.5. The number of rotatable bonds is 1. The summed E-state index contributed by atoms with van der Waals surface area (Å²) in [6.45, 7) is 5.49. The number of hydrogen-bond acceptors (Lipinski definition) is 4. The third kappa shape index (κ3) is 2.96. The number of esters is 1. The van der Waals surface area contributed by atoms with Crippen molar-refractivity contribution >= 4 is 5.97 Å². The fraction of sp³-hybridized carbons (Fsp3) is 0.900. The molecule has 14 heavy (non-hydrogen) atoms. The van der Waals surface area contributed by atoms with E-state index in [1.54, 1.807) is 0 Å². The Morgan fingerprint density at radius 3 is 2.36 bits per heavy atom. The molecule has 0 aromatic carbocycles. The standard InChI is InChI=1S/C10H19NO3/c1-10(2,3)14-9(13)6-4-7(11)8(12)5-6/h6-8,12H,4-5,11H2,1-3H3/t6-,7+,8-/m0/s1. The van der Waals surface area contributed by atoms with Gasteiger partial charge in [0.05, 0.1) is 12.0 Å². The molecule has 0 spiro atoms. The summed E-state index contributed by atoms with van der Waals surface area (Å²) in [7, 11) is 0. The molecule has 1 fully saturated rings.